The average Bonchev–Trinajstić information content (AvgIpc) is 2.83. The van der Waals surface area contributed by atoms with Crippen LogP contribution in [0.2, 0.25) is 0 Å². The number of hydrogen-bond acceptors (Lipinski definition) is 4. The van der Waals surface area contributed by atoms with E-state index in [9.17, 15) is 9.59 Å². The summed E-state index contributed by atoms with van der Waals surface area (Å²) in [5, 5.41) is 1.78. The smallest absolute Gasteiger partial charge is 0.338 e. The molecule has 0 aliphatic rings. The van der Waals surface area contributed by atoms with Crippen LogP contribution in [0.25, 0.3) is 33.0 Å². The van der Waals surface area contributed by atoms with E-state index in [-0.39, 0.29) is 5.97 Å². The molecular formula is C27H24O4. The Labute approximate surface area is 182 Å². The Balaban J connectivity index is 0.000000858. The van der Waals surface area contributed by atoms with Crippen LogP contribution in [0.5, 0.6) is 0 Å². The normalized spacial score (nSPS) is 10.2. The third-order valence-electron chi connectivity index (χ3n) is 4.85. The van der Waals surface area contributed by atoms with Crippen LogP contribution in [0.4, 0.5) is 0 Å². The highest BCUT2D eigenvalue weighted by atomic mass is 16.5. The molecule has 4 nitrogen and oxygen atoms in total. The SMILES string of the molecule is COC.COC(=O)c1cc2cc(-c3ccccc3)c(C=O)cc2cc1-c1ccccc1. The number of methoxy groups -OCH3 is 2. The van der Waals surface area contributed by atoms with Crippen molar-refractivity contribution >= 4 is 23.0 Å². The highest BCUT2D eigenvalue weighted by Gasteiger charge is 2.16. The largest absolute Gasteiger partial charge is 0.465 e. The predicted molar refractivity (Wildman–Crippen MR) is 124 cm³/mol. The lowest BCUT2D eigenvalue weighted by Crippen LogP contribution is -2.04. The minimum Gasteiger partial charge on any atom is -0.465 e. The van der Waals surface area contributed by atoms with Crippen molar-refractivity contribution in [1.29, 1.82) is 0 Å². The van der Waals surface area contributed by atoms with Gasteiger partial charge in [0.2, 0.25) is 0 Å². The van der Waals surface area contributed by atoms with Crippen molar-refractivity contribution in [2.45, 2.75) is 0 Å². The van der Waals surface area contributed by atoms with Gasteiger partial charge in [0.1, 0.15) is 0 Å². The van der Waals surface area contributed by atoms with Gasteiger partial charge in [0.25, 0.3) is 0 Å². The summed E-state index contributed by atoms with van der Waals surface area (Å²) in [7, 11) is 4.63. The number of fused-ring (bicyclic) bond motifs is 1. The van der Waals surface area contributed by atoms with E-state index in [4.69, 9.17) is 4.74 Å². The Morgan fingerprint density at radius 1 is 0.710 bits per heavy atom. The van der Waals surface area contributed by atoms with Crippen LogP contribution in [0.3, 0.4) is 0 Å². The Kier molecular flexibility index (Phi) is 7.31. The zero-order chi connectivity index (χ0) is 22.2. The Morgan fingerprint density at radius 2 is 1.19 bits per heavy atom. The maximum absolute atomic E-state index is 12.5. The molecule has 0 aliphatic carbocycles. The number of benzene rings is 4. The molecule has 0 atom stereocenters. The minimum absolute atomic E-state index is 0.388. The standard InChI is InChI=1S/C25H18O3.C2H6O/c1-28-25(27)24-15-20-13-22(17-8-4-2-5-9-17)21(16-26)12-19(20)14-23(24)18-10-6-3-7-11-18;1-3-2/h2-16H,1H3;1-2H3. The predicted octanol–water partition coefficient (Wildman–Crippen LogP) is 6.04. The molecule has 0 fully saturated rings. The molecule has 4 heteroatoms. The molecule has 0 N–H and O–H groups in total. The van der Waals surface area contributed by atoms with Gasteiger partial charge in [0.05, 0.1) is 12.7 Å². The summed E-state index contributed by atoms with van der Waals surface area (Å²) in [6, 6.07) is 27.0. The van der Waals surface area contributed by atoms with Gasteiger partial charge >= 0.3 is 5.97 Å². The maximum atomic E-state index is 12.5. The van der Waals surface area contributed by atoms with Gasteiger partial charge in [-0.2, -0.15) is 0 Å². The molecular weight excluding hydrogens is 388 g/mol. The molecule has 31 heavy (non-hydrogen) atoms. The van der Waals surface area contributed by atoms with Gasteiger partial charge in [-0.05, 0) is 57.3 Å². The highest BCUT2D eigenvalue weighted by Crippen LogP contribution is 2.33. The zero-order valence-electron chi connectivity index (χ0n) is 17.8. The molecule has 0 saturated heterocycles. The molecule has 0 aliphatic heterocycles. The van der Waals surface area contributed by atoms with E-state index in [1.165, 1.54) is 7.11 Å². The number of carbonyl (C=O) groups excluding carboxylic acids is 2. The van der Waals surface area contributed by atoms with Crippen molar-refractivity contribution in [2.24, 2.45) is 0 Å². The lowest BCUT2D eigenvalue weighted by atomic mass is 9.91. The number of carbonyl (C=O) groups is 2. The number of rotatable bonds is 4. The van der Waals surface area contributed by atoms with E-state index >= 15 is 0 Å². The molecule has 0 aromatic heterocycles. The van der Waals surface area contributed by atoms with Gasteiger partial charge < -0.3 is 9.47 Å². The second-order valence-corrected chi connectivity index (χ2v) is 6.93. The lowest BCUT2D eigenvalue weighted by molar-refractivity contribution is 0.0601. The molecule has 0 heterocycles. The summed E-state index contributed by atoms with van der Waals surface area (Å²) >= 11 is 0. The molecule has 4 rings (SSSR count). The topological polar surface area (TPSA) is 52.6 Å². The monoisotopic (exact) mass is 412 g/mol. The van der Waals surface area contributed by atoms with E-state index < -0.39 is 0 Å². The summed E-state index contributed by atoms with van der Waals surface area (Å²) in [5.74, 6) is -0.388. The van der Waals surface area contributed by atoms with Crippen molar-refractivity contribution in [2.75, 3.05) is 21.3 Å². The van der Waals surface area contributed by atoms with Crippen LogP contribution >= 0.6 is 0 Å². The van der Waals surface area contributed by atoms with Crippen molar-refractivity contribution in [3.63, 3.8) is 0 Å². The van der Waals surface area contributed by atoms with E-state index in [0.717, 1.165) is 39.3 Å². The number of hydrogen-bond donors (Lipinski definition) is 0. The number of aldehydes is 1. The Bertz CT molecular complexity index is 1180. The third kappa shape index (κ3) is 4.87. The Morgan fingerprint density at radius 3 is 1.71 bits per heavy atom. The van der Waals surface area contributed by atoms with E-state index in [2.05, 4.69) is 4.74 Å². The van der Waals surface area contributed by atoms with E-state index in [1.54, 1.807) is 14.2 Å². The van der Waals surface area contributed by atoms with E-state index in [0.29, 0.717) is 11.1 Å². The second-order valence-electron chi connectivity index (χ2n) is 6.93. The first kappa shape index (κ1) is 21.9. The summed E-state index contributed by atoms with van der Waals surface area (Å²) < 4.78 is 9.26. The fraction of sp³-hybridized carbons (Fsp3) is 0.111. The number of ether oxygens (including phenoxy) is 2. The quantitative estimate of drug-likeness (QED) is 0.303. The van der Waals surface area contributed by atoms with Gasteiger partial charge in [-0.1, -0.05) is 60.7 Å². The fourth-order valence-electron chi connectivity index (χ4n) is 3.47. The molecule has 4 aromatic carbocycles. The highest BCUT2D eigenvalue weighted by molar-refractivity contribution is 6.05. The first-order valence-corrected chi connectivity index (χ1v) is 9.79. The van der Waals surface area contributed by atoms with Crippen molar-refractivity contribution in [3.05, 3.63) is 96.1 Å². The maximum Gasteiger partial charge on any atom is 0.338 e. The molecule has 156 valence electrons. The van der Waals surface area contributed by atoms with Gasteiger partial charge in [-0.3, -0.25) is 4.79 Å². The summed E-state index contributed by atoms with van der Waals surface area (Å²) in [4.78, 5) is 24.2. The van der Waals surface area contributed by atoms with Crippen molar-refractivity contribution in [1.82, 2.24) is 0 Å². The number of esters is 1. The van der Waals surface area contributed by atoms with Crippen molar-refractivity contribution < 1.29 is 19.1 Å². The molecule has 0 bridgehead atoms. The van der Waals surface area contributed by atoms with Crippen LogP contribution in [-0.4, -0.2) is 33.6 Å². The summed E-state index contributed by atoms with van der Waals surface area (Å²) in [6.45, 7) is 0. The molecule has 0 unspecified atom stereocenters. The van der Waals surface area contributed by atoms with Gasteiger partial charge in [0.15, 0.2) is 6.29 Å². The molecule has 0 amide bonds. The van der Waals surface area contributed by atoms with Crippen molar-refractivity contribution in [3.8, 4) is 22.3 Å². The van der Waals surface area contributed by atoms with Gasteiger partial charge in [-0.15, -0.1) is 0 Å². The summed E-state index contributed by atoms with van der Waals surface area (Å²) in [5.41, 5.74) is 4.61. The zero-order valence-corrected chi connectivity index (χ0v) is 17.8. The van der Waals surface area contributed by atoms with Gasteiger partial charge in [0, 0.05) is 19.8 Å². The Hall–Kier alpha value is -3.76. The third-order valence-corrected chi connectivity index (χ3v) is 4.85. The second kappa shape index (κ2) is 10.3. The van der Waals surface area contributed by atoms with E-state index in [1.807, 2.05) is 84.9 Å². The van der Waals surface area contributed by atoms with Crippen LogP contribution in [0, 0.1) is 0 Å². The molecule has 0 radical (unpaired) electrons. The first-order valence-electron chi connectivity index (χ1n) is 9.79. The first-order chi connectivity index (χ1) is 15.1. The minimum atomic E-state index is -0.388. The van der Waals surface area contributed by atoms with Crippen LogP contribution in [-0.2, 0) is 9.47 Å². The lowest BCUT2D eigenvalue weighted by Gasteiger charge is -2.13. The van der Waals surface area contributed by atoms with Crippen LogP contribution in [0.15, 0.2) is 84.9 Å². The molecule has 4 aromatic rings. The summed E-state index contributed by atoms with van der Waals surface area (Å²) in [6.07, 6.45) is 0.873. The van der Waals surface area contributed by atoms with Crippen LogP contribution in [0.1, 0.15) is 20.7 Å². The molecule has 0 spiro atoms. The van der Waals surface area contributed by atoms with Crippen LogP contribution < -0.4 is 0 Å². The van der Waals surface area contributed by atoms with Gasteiger partial charge in [-0.25, -0.2) is 4.79 Å². The average molecular weight is 412 g/mol. The fourth-order valence-corrected chi connectivity index (χ4v) is 3.47. The molecule has 0 saturated carbocycles.